The Morgan fingerprint density at radius 2 is 1.76 bits per heavy atom. The van der Waals surface area contributed by atoms with E-state index in [1.54, 1.807) is 24.3 Å². The molecule has 0 aromatic heterocycles. The van der Waals surface area contributed by atoms with Gasteiger partial charge in [0.1, 0.15) is 24.4 Å². The lowest BCUT2D eigenvalue weighted by atomic mass is 10.1. The maximum atomic E-state index is 13.7. The van der Waals surface area contributed by atoms with Crippen molar-refractivity contribution in [2.24, 2.45) is 5.73 Å². The topological polar surface area (TPSA) is 59.1 Å². The van der Waals surface area contributed by atoms with E-state index < -0.39 is 6.17 Å². The van der Waals surface area contributed by atoms with Crippen LogP contribution in [0.5, 0.6) is 5.75 Å². The molecule has 0 aliphatic heterocycles. The molecule has 0 aliphatic carbocycles. The van der Waals surface area contributed by atoms with Gasteiger partial charge in [-0.2, -0.15) is 0 Å². The Morgan fingerprint density at radius 3 is 2.38 bits per heavy atom. The van der Waals surface area contributed by atoms with Crippen LogP contribution >= 0.6 is 0 Å². The Morgan fingerprint density at radius 1 is 1.14 bits per heavy atom. The summed E-state index contributed by atoms with van der Waals surface area (Å²) < 4.78 is 19.1. The summed E-state index contributed by atoms with van der Waals surface area (Å²) in [6.45, 7) is 2.28. The number of nitrogens with two attached hydrogens (primary N) is 1. The highest BCUT2D eigenvalue weighted by atomic mass is 19.1. The molecule has 0 amide bonds. The fourth-order valence-electron chi connectivity index (χ4n) is 2.15. The zero-order valence-corrected chi connectivity index (χ0v) is 12.9. The van der Waals surface area contributed by atoms with E-state index in [1.807, 2.05) is 0 Å². The SMILES string of the molecule is CCCCCCCC[C@H](F)COc1ccc(C(=N)N)cc1. The fourth-order valence-corrected chi connectivity index (χ4v) is 2.15. The number of halogens is 1. The molecule has 0 bridgehead atoms. The summed E-state index contributed by atoms with van der Waals surface area (Å²) >= 11 is 0. The van der Waals surface area contributed by atoms with Gasteiger partial charge in [0.15, 0.2) is 0 Å². The molecule has 0 saturated carbocycles. The van der Waals surface area contributed by atoms with Gasteiger partial charge < -0.3 is 10.5 Å². The van der Waals surface area contributed by atoms with Crippen molar-refractivity contribution in [2.45, 2.75) is 58.0 Å². The zero-order chi connectivity index (χ0) is 15.5. The molecule has 3 nitrogen and oxygen atoms in total. The van der Waals surface area contributed by atoms with Crippen LogP contribution in [0.4, 0.5) is 4.39 Å². The van der Waals surface area contributed by atoms with Crippen LogP contribution < -0.4 is 10.5 Å². The van der Waals surface area contributed by atoms with E-state index in [2.05, 4.69) is 6.92 Å². The van der Waals surface area contributed by atoms with Crippen LogP contribution in [0, 0.1) is 5.41 Å². The maximum Gasteiger partial charge on any atom is 0.134 e. The molecule has 0 unspecified atom stereocenters. The Balaban J connectivity index is 2.14. The number of nitrogen functional groups attached to an aromatic ring is 1. The van der Waals surface area contributed by atoms with Crippen LogP contribution in [0.1, 0.15) is 57.4 Å². The lowest BCUT2D eigenvalue weighted by molar-refractivity contribution is 0.184. The molecule has 118 valence electrons. The number of alkyl halides is 1. The summed E-state index contributed by atoms with van der Waals surface area (Å²) in [7, 11) is 0. The third-order valence-corrected chi connectivity index (χ3v) is 3.47. The van der Waals surface area contributed by atoms with E-state index in [0.29, 0.717) is 17.7 Å². The van der Waals surface area contributed by atoms with E-state index in [1.165, 1.54) is 25.7 Å². The molecule has 0 heterocycles. The second kappa shape index (κ2) is 10.2. The van der Waals surface area contributed by atoms with Crippen molar-refractivity contribution < 1.29 is 9.13 Å². The molecular weight excluding hydrogens is 267 g/mol. The largest absolute Gasteiger partial charge is 0.491 e. The number of nitrogens with one attached hydrogen (secondary N) is 1. The summed E-state index contributed by atoms with van der Waals surface area (Å²) in [6, 6.07) is 6.85. The van der Waals surface area contributed by atoms with Crippen molar-refractivity contribution in [3.05, 3.63) is 29.8 Å². The van der Waals surface area contributed by atoms with Gasteiger partial charge >= 0.3 is 0 Å². The number of hydrogen-bond acceptors (Lipinski definition) is 2. The predicted octanol–water partition coefficient (Wildman–Crippen LogP) is 4.44. The second-order valence-electron chi connectivity index (χ2n) is 5.40. The molecule has 0 radical (unpaired) electrons. The highest BCUT2D eigenvalue weighted by Gasteiger charge is 2.07. The first-order valence-electron chi connectivity index (χ1n) is 7.84. The normalized spacial score (nSPS) is 12.1. The first-order valence-corrected chi connectivity index (χ1v) is 7.84. The van der Waals surface area contributed by atoms with Crippen LogP contribution in [0.3, 0.4) is 0 Å². The van der Waals surface area contributed by atoms with Crippen molar-refractivity contribution in [1.29, 1.82) is 5.41 Å². The second-order valence-corrected chi connectivity index (χ2v) is 5.40. The van der Waals surface area contributed by atoms with Gasteiger partial charge in [0.2, 0.25) is 0 Å². The number of hydrogen-bond donors (Lipinski definition) is 2. The van der Waals surface area contributed by atoms with Crippen LogP contribution in [0.25, 0.3) is 0 Å². The molecule has 1 atom stereocenters. The molecule has 1 rings (SSSR count). The van der Waals surface area contributed by atoms with Gasteiger partial charge in [-0.15, -0.1) is 0 Å². The van der Waals surface area contributed by atoms with Gasteiger partial charge in [0.25, 0.3) is 0 Å². The number of ether oxygens (including phenoxy) is 1. The number of unbranched alkanes of at least 4 members (excludes halogenated alkanes) is 5. The average Bonchev–Trinajstić information content (AvgIpc) is 2.49. The van der Waals surface area contributed by atoms with Crippen molar-refractivity contribution in [2.75, 3.05) is 6.61 Å². The third kappa shape index (κ3) is 7.69. The summed E-state index contributed by atoms with van der Waals surface area (Å²) in [6.07, 6.45) is 6.66. The molecule has 4 heteroatoms. The smallest absolute Gasteiger partial charge is 0.134 e. The Kier molecular flexibility index (Phi) is 8.48. The Hall–Kier alpha value is -1.58. The van der Waals surface area contributed by atoms with E-state index in [9.17, 15) is 4.39 Å². The lowest BCUT2D eigenvalue weighted by Gasteiger charge is -2.11. The Labute approximate surface area is 127 Å². The Bertz CT molecular complexity index is 406. The molecule has 0 fully saturated rings. The molecular formula is C17H27FN2O. The highest BCUT2D eigenvalue weighted by Crippen LogP contribution is 2.15. The molecule has 0 saturated heterocycles. The van der Waals surface area contributed by atoms with Crippen LogP contribution in [-0.4, -0.2) is 18.6 Å². The van der Waals surface area contributed by atoms with E-state index in [-0.39, 0.29) is 12.4 Å². The van der Waals surface area contributed by atoms with E-state index in [4.69, 9.17) is 15.9 Å². The maximum absolute atomic E-state index is 13.7. The van der Waals surface area contributed by atoms with Gasteiger partial charge in [0, 0.05) is 5.56 Å². The summed E-state index contributed by atoms with van der Waals surface area (Å²) in [5, 5.41) is 7.29. The van der Waals surface area contributed by atoms with Crippen LogP contribution in [0.2, 0.25) is 0 Å². The predicted molar refractivity (Wildman–Crippen MR) is 85.8 cm³/mol. The van der Waals surface area contributed by atoms with Gasteiger partial charge in [0.05, 0.1) is 0 Å². The minimum Gasteiger partial charge on any atom is -0.491 e. The first-order chi connectivity index (χ1) is 10.1. The minimum absolute atomic E-state index is 0.0213. The molecule has 21 heavy (non-hydrogen) atoms. The van der Waals surface area contributed by atoms with Gasteiger partial charge in [-0.1, -0.05) is 45.4 Å². The molecule has 0 spiro atoms. The fraction of sp³-hybridized carbons (Fsp3) is 0.588. The number of amidine groups is 1. The molecule has 1 aromatic carbocycles. The minimum atomic E-state index is -0.913. The van der Waals surface area contributed by atoms with Crippen molar-refractivity contribution in [3.63, 3.8) is 0 Å². The summed E-state index contributed by atoms with van der Waals surface area (Å²) in [5.74, 6) is 0.638. The summed E-state index contributed by atoms with van der Waals surface area (Å²) in [4.78, 5) is 0. The molecule has 3 N–H and O–H groups in total. The zero-order valence-electron chi connectivity index (χ0n) is 12.9. The van der Waals surface area contributed by atoms with Crippen molar-refractivity contribution >= 4 is 5.84 Å². The lowest BCUT2D eigenvalue weighted by Crippen LogP contribution is -2.13. The van der Waals surface area contributed by atoms with Gasteiger partial charge in [-0.3, -0.25) is 5.41 Å². The quantitative estimate of drug-likeness (QED) is 0.360. The monoisotopic (exact) mass is 294 g/mol. The standard InChI is InChI=1S/C17H27FN2O/c1-2-3-4-5-6-7-8-15(18)13-21-16-11-9-14(10-12-16)17(19)20/h9-12,15H,2-8,13H2,1H3,(H3,19,20)/t15-/m0/s1. The summed E-state index contributed by atoms with van der Waals surface area (Å²) in [5.41, 5.74) is 6.01. The van der Waals surface area contributed by atoms with Crippen LogP contribution in [0.15, 0.2) is 24.3 Å². The molecule has 0 aliphatic rings. The van der Waals surface area contributed by atoms with E-state index >= 15 is 0 Å². The van der Waals surface area contributed by atoms with Crippen LogP contribution in [-0.2, 0) is 0 Å². The van der Waals surface area contributed by atoms with Gasteiger partial charge in [-0.05, 0) is 30.7 Å². The highest BCUT2D eigenvalue weighted by molar-refractivity contribution is 5.94. The number of benzene rings is 1. The average molecular weight is 294 g/mol. The first kappa shape index (κ1) is 17.5. The van der Waals surface area contributed by atoms with Crippen molar-refractivity contribution in [1.82, 2.24) is 0 Å². The van der Waals surface area contributed by atoms with Gasteiger partial charge in [-0.25, -0.2) is 4.39 Å². The third-order valence-electron chi connectivity index (χ3n) is 3.47. The van der Waals surface area contributed by atoms with E-state index in [0.717, 1.165) is 12.8 Å². The molecule has 1 aromatic rings. The number of rotatable bonds is 11. The van der Waals surface area contributed by atoms with Crippen molar-refractivity contribution in [3.8, 4) is 5.75 Å².